The van der Waals surface area contributed by atoms with E-state index in [0.29, 0.717) is 5.69 Å². The number of fused-ring (bicyclic) bond motifs is 1. The van der Waals surface area contributed by atoms with Crippen LogP contribution < -0.4 is 5.32 Å². The van der Waals surface area contributed by atoms with Gasteiger partial charge in [0.1, 0.15) is 5.69 Å². The van der Waals surface area contributed by atoms with E-state index < -0.39 is 6.10 Å². The Bertz CT molecular complexity index is 772. The van der Waals surface area contributed by atoms with Gasteiger partial charge in [-0.3, -0.25) is 14.4 Å². The van der Waals surface area contributed by atoms with Gasteiger partial charge in [-0.05, 0) is 43.0 Å². The zero-order valence-electron chi connectivity index (χ0n) is 14.4. The number of aliphatic hydroxyl groups excluding tert-OH is 1. The highest BCUT2D eigenvalue weighted by molar-refractivity contribution is 5.91. The van der Waals surface area contributed by atoms with Crippen LogP contribution in [0.2, 0.25) is 0 Å². The molecule has 1 aromatic carbocycles. The number of amides is 1. The molecule has 1 amide bonds. The summed E-state index contributed by atoms with van der Waals surface area (Å²) in [5, 5.41) is 17.8. The van der Waals surface area contributed by atoms with Gasteiger partial charge < -0.3 is 10.4 Å². The number of hydrogen-bond acceptors (Lipinski definition) is 4. The minimum absolute atomic E-state index is 0.133. The highest BCUT2D eigenvalue weighted by Gasteiger charge is 2.37. The van der Waals surface area contributed by atoms with E-state index in [2.05, 4.69) is 21.4 Å². The van der Waals surface area contributed by atoms with Gasteiger partial charge in [0.15, 0.2) is 0 Å². The van der Waals surface area contributed by atoms with Gasteiger partial charge in [0.25, 0.3) is 5.91 Å². The second kappa shape index (κ2) is 6.61. The fourth-order valence-corrected chi connectivity index (χ4v) is 4.17. The Kier molecular flexibility index (Phi) is 4.31. The van der Waals surface area contributed by atoms with E-state index in [-0.39, 0.29) is 18.0 Å². The largest absolute Gasteiger partial charge is 0.387 e. The second-order valence-corrected chi connectivity index (χ2v) is 6.97. The molecule has 2 heterocycles. The Hall–Kier alpha value is -2.18. The molecule has 6 heteroatoms. The molecule has 6 nitrogen and oxygen atoms in total. The predicted octanol–water partition coefficient (Wildman–Crippen LogP) is 1.54. The third-order valence-electron chi connectivity index (χ3n) is 5.51. The summed E-state index contributed by atoms with van der Waals surface area (Å²) in [7, 11) is 1.61. The van der Waals surface area contributed by atoms with Crippen molar-refractivity contribution in [3.8, 4) is 0 Å². The first-order chi connectivity index (χ1) is 12.2. The van der Waals surface area contributed by atoms with Crippen LogP contribution >= 0.6 is 0 Å². The SMILES string of the molecule is CNC(=O)c1ccn(C2CCCN(C3Cc4ccccc4C3O)C2)n1. The number of rotatable bonds is 3. The first-order valence-corrected chi connectivity index (χ1v) is 8.94. The molecule has 1 saturated heterocycles. The number of piperidine rings is 1. The fraction of sp³-hybridized carbons (Fsp3) is 0.474. The van der Waals surface area contributed by atoms with Crippen molar-refractivity contribution in [2.75, 3.05) is 20.1 Å². The topological polar surface area (TPSA) is 70.4 Å². The Morgan fingerprint density at radius 2 is 2.16 bits per heavy atom. The van der Waals surface area contributed by atoms with Crippen LogP contribution in [0.5, 0.6) is 0 Å². The van der Waals surface area contributed by atoms with Gasteiger partial charge in [0, 0.05) is 25.8 Å². The van der Waals surface area contributed by atoms with Crippen molar-refractivity contribution >= 4 is 5.91 Å². The van der Waals surface area contributed by atoms with Gasteiger partial charge in [-0.1, -0.05) is 24.3 Å². The highest BCUT2D eigenvalue weighted by Crippen LogP contribution is 2.36. The zero-order valence-corrected chi connectivity index (χ0v) is 14.4. The molecular formula is C19H24N4O2. The molecule has 0 saturated carbocycles. The first kappa shape index (κ1) is 16.3. The van der Waals surface area contributed by atoms with Crippen LogP contribution in [0.15, 0.2) is 36.5 Å². The van der Waals surface area contributed by atoms with Crippen molar-refractivity contribution in [2.24, 2.45) is 0 Å². The molecule has 2 aromatic rings. The van der Waals surface area contributed by atoms with Crippen molar-refractivity contribution in [3.63, 3.8) is 0 Å². The monoisotopic (exact) mass is 340 g/mol. The van der Waals surface area contributed by atoms with Gasteiger partial charge in [0.2, 0.25) is 0 Å². The standard InChI is InChI=1S/C19H24N4O2/c1-20-19(25)16-8-10-23(21-16)14-6-4-9-22(12-14)17-11-13-5-2-3-7-15(13)18(17)24/h2-3,5,7-8,10,14,17-18,24H,4,6,9,11-12H2,1H3,(H,20,25). The molecule has 1 aromatic heterocycles. The van der Waals surface area contributed by atoms with E-state index in [4.69, 9.17) is 0 Å². The lowest BCUT2D eigenvalue weighted by Gasteiger charge is -2.38. The lowest BCUT2D eigenvalue weighted by atomic mass is 10.0. The maximum atomic E-state index is 11.7. The molecule has 2 aliphatic rings. The molecule has 3 unspecified atom stereocenters. The lowest BCUT2D eigenvalue weighted by Crippen LogP contribution is -2.45. The number of carbonyl (C=O) groups excluding carboxylic acids is 1. The number of carbonyl (C=O) groups is 1. The Morgan fingerprint density at radius 3 is 2.96 bits per heavy atom. The summed E-state index contributed by atoms with van der Waals surface area (Å²) >= 11 is 0. The van der Waals surface area contributed by atoms with Crippen LogP contribution in [0.3, 0.4) is 0 Å². The van der Waals surface area contributed by atoms with Crippen LogP contribution in [0.25, 0.3) is 0 Å². The van der Waals surface area contributed by atoms with Gasteiger partial charge in [-0.25, -0.2) is 0 Å². The first-order valence-electron chi connectivity index (χ1n) is 8.94. The Balaban J connectivity index is 1.49. The van der Waals surface area contributed by atoms with E-state index in [9.17, 15) is 9.90 Å². The number of nitrogens with one attached hydrogen (secondary N) is 1. The minimum atomic E-state index is -0.422. The second-order valence-electron chi connectivity index (χ2n) is 6.97. The maximum Gasteiger partial charge on any atom is 0.271 e. The van der Waals surface area contributed by atoms with Crippen LogP contribution in [0, 0.1) is 0 Å². The van der Waals surface area contributed by atoms with E-state index in [0.717, 1.165) is 37.9 Å². The van der Waals surface area contributed by atoms with Gasteiger partial charge in [-0.15, -0.1) is 0 Å². The number of likely N-dealkylation sites (tertiary alicyclic amines) is 1. The molecule has 1 aliphatic carbocycles. The van der Waals surface area contributed by atoms with Crippen molar-refractivity contribution in [1.82, 2.24) is 20.0 Å². The molecule has 132 valence electrons. The Morgan fingerprint density at radius 1 is 1.32 bits per heavy atom. The number of benzene rings is 1. The molecule has 1 fully saturated rings. The van der Waals surface area contributed by atoms with Crippen LogP contribution in [-0.2, 0) is 6.42 Å². The van der Waals surface area contributed by atoms with Crippen molar-refractivity contribution in [1.29, 1.82) is 0 Å². The third-order valence-corrected chi connectivity index (χ3v) is 5.51. The number of hydrogen-bond donors (Lipinski definition) is 2. The van der Waals surface area contributed by atoms with Gasteiger partial charge in [-0.2, -0.15) is 5.10 Å². The number of aromatic nitrogens is 2. The van der Waals surface area contributed by atoms with E-state index in [1.54, 1.807) is 13.1 Å². The quantitative estimate of drug-likeness (QED) is 0.889. The molecular weight excluding hydrogens is 316 g/mol. The van der Waals surface area contributed by atoms with Gasteiger partial charge in [0.05, 0.1) is 12.1 Å². The summed E-state index contributed by atoms with van der Waals surface area (Å²) in [6, 6.07) is 10.3. The highest BCUT2D eigenvalue weighted by atomic mass is 16.3. The summed E-state index contributed by atoms with van der Waals surface area (Å²) < 4.78 is 1.91. The zero-order chi connectivity index (χ0) is 17.4. The average Bonchev–Trinajstić information content (AvgIpc) is 3.27. The number of nitrogens with zero attached hydrogens (tertiary/aromatic N) is 3. The van der Waals surface area contributed by atoms with Crippen LogP contribution in [-0.4, -0.2) is 51.9 Å². The summed E-state index contributed by atoms with van der Waals surface area (Å²) in [5.41, 5.74) is 2.77. The van der Waals surface area contributed by atoms with Crippen molar-refractivity contribution in [3.05, 3.63) is 53.3 Å². The maximum absolute atomic E-state index is 11.7. The average molecular weight is 340 g/mol. The Labute approximate surface area is 147 Å². The van der Waals surface area contributed by atoms with E-state index in [1.807, 2.05) is 29.1 Å². The van der Waals surface area contributed by atoms with Gasteiger partial charge >= 0.3 is 0 Å². The molecule has 0 radical (unpaired) electrons. The molecule has 0 spiro atoms. The lowest BCUT2D eigenvalue weighted by molar-refractivity contribution is 0.0345. The minimum Gasteiger partial charge on any atom is -0.387 e. The smallest absolute Gasteiger partial charge is 0.271 e. The third kappa shape index (κ3) is 2.96. The predicted molar refractivity (Wildman–Crippen MR) is 94.4 cm³/mol. The molecule has 3 atom stereocenters. The summed E-state index contributed by atoms with van der Waals surface area (Å²) in [5.74, 6) is -0.159. The van der Waals surface area contributed by atoms with Crippen molar-refractivity contribution in [2.45, 2.75) is 37.5 Å². The van der Waals surface area contributed by atoms with E-state index in [1.165, 1.54) is 5.56 Å². The molecule has 4 rings (SSSR count). The molecule has 1 aliphatic heterocycles. The summed E-state index contributed by atoms with van der Waals surface area (Å²) in [6.07, 6.45) is 4.47. The van der Waals surface area contributed by atoms with Crippen LogP contribution in [0.1, 0.15) is 46.6 Å². The molecule has 0 bridgehead atoms. The molecule has 25 heavy (non-hydrogen) atoms. The summed E-state index contributed by atoms with van der Waals surface area (Å²) in [6.45, 7) is 1.85. The number of aliphatic hydroxyl groups is 1. The van der Waals surface area contributed by atoms with Crippen molar-refractivity contribution < 1.29 is 9.90 Å². The van der Waals surface area contributed by atoms with Crippen LogP contribution in [0.4, 0.5) is 0 Å². The molecule has 2 N–H and O–H groups in total. The summed E-state index contributed by atoms with van der Waals surface area (Å²) in [4.78, 5) is 14.1. The normalized spacial score (nSPS) is 26.4. The van der Waals surface area contributed by atoms with E-state index >= 15 is 0 Å². The fourth-order valence-electron chi connectivity index (χ4n) is 4.17.